The molecule has 1 aliphatic rings. The largest absolute Gasteiger partial charge is 0.377 e. The summed E-state index contributed by atoms with van der Waals surface area (Å²) in [7, 11) is 3.30. The molecule has 0 spiro atoms. The van der Waals surface area contributed by atoms with Gasteiger partial charge in [-0.3, -0.25) is 0 Å². The summed E-state index contributed by atoms with van der Waals surface area (Å²) in [5, 5.41) is 3.21. The monoisotopic (exact) mass is 297 g/mol. The van der Waals surface area contributed by atoms with Crippen LogP contribution in [0.15, 0.2) is 12.3 Å². The van der Waals surface area contributed by atoms with Gasteiger partial charge >= 0.3 is 0 Å². The predicted molar refractivity (Wildman–Crippen MR) is 80.0 cm³/mol. The highest BCUT2D eigenvalue weighted by molar-refractivity contribution is 5.45. The van der Waals surface area contributed by atoms with Crippen LogP contribution in [0, 0.1) is 5.82 Å². The molecule has 1 fully saturated rings. The number of anilines is 1. The second kappa shape index (κ2) is 7.68. The molecule has 6 heteroatoms. The first-order chi connectivity index (χ1) is 10.2. The highest BCUT2D eigenvalue weighted by Crippen LogP contribution is 2.25. The van der Waals surface area contributed by atoms with Gasteiger partial charge in [-0.1, -0.05) is 6.92 Å². The smallest absolute Gasteiger partial charge is 0.170 e. The number of hydrogen-bond donors (Lipinski definition) is 1. The van der Waals surface area contributed by atoms with Crippen LogP contribution in [0.25, 0.3) is 0 Å². The molecule has 1 N–H and O–H groups in total. The van der Waals surface area contributed by atoms with E-state index < -0.39 is 0 Å². The van der Waals surface area contributed by atoms with Gasteiger partial charge < -0.3 is 19.7 Å². The quantitative estimate of drug-likeness (QED) is 0.774. The average molecular weight is 297 g/mol. The van der Waals surface area contributed by atoms with E-state index in [1.807, 2.05) is 4.90 Å². The number of hydrogen-bond acceptors (Lipinski definition) is 5. The molecule has 1 aromatic heterocycles. The Bertz CT molecular complexity index is 447. The van der Waals surface area contributed by atoms with Crippen LogP contribution in [0.2, 0.25) is 0 Å². The Kier molecular flexibility index (Phi) is 5.90. The van der Waals surface area contributed by atoms with E-state index in [0.717, 1.165) is 13.0 Å². The summed E-state index contributed by atoms with van der Waals surface area (Å²) in [6.45, 7) is 4.65. The summed E-state index contributed by atoms with van der Waals surface area (Å²) < 4.78 is 25.4. The van der Waals surface area contributed by atoms with Crippen LogP contribution in [0.3, 0.4) is 0 Å². The molecule has 2 unspecified atom stereocenters. The van der Waals surface area contributed by atoms with Crippen molar-refractivity contribution >= 4 is 5.82 Å². The molecule has 0 bridgehead atoms. The number of aromatic nitrogens is 1. The molecule has 0 radical (unpaired) electrons. The summed E-state index contributed by atoms with van der Waals surface area (Å²) in [6.07, 6.45) is 2.57. The summed E-state index contributed by atoms with van der Waals surface area (Å²) in [4.78, 5) is 6.09. The Morgan fingerprint density at radius 3 is 2.57 bits per heavy atom. The van der Waals surface area contributed by atoms with Crippen LogP contribution in [0.5, 0.6) is 0 Å². The van der Waals surface area contributed by atoms with Crippen LogP contribution in [-0.2, 0) is 16.0 Å². The van der Waals surface area contributed by atoms with Crippen molar-refractivity contribution in [2.45, 2.75) is 32.1 Å². The summed E-state index contributed by atoms with van der Waals surface area (Å²) in [5.74, 6) is 0.125. The zero-order chi connectivity index (χ0) is 15.2. The van der Waals surface area contributed by atoms with E-state index in [2.05, 4.69) is 17.2 Å². The third-order valence-corrected chi connectivity index (χ3v) is 3.81. The van der Waals surface area contributed by atoms with Crippen LogP contribution >= 0.6 is 0 Å². The second-order valence-corrected chi connectivity index (χ2v) is 5.24. The predicted octanol–water partition coefficient (Wildman–Crippen LogP) is 1.57. The van der Waals surface area contributed by atoms with Gasteiger partial charge in [0, 0.05) is 45.6 Å². The SMILES string of the molecule is CCCNCc1ccnc(N2CC(OC)C(OC)C2)c1F. The Morgan fingerprint density at radius 1 is 1.33 bits per heavy atom. The maximum Gasteiger partial charge on any atom is 0.170 e. The van der Waals surface area contributed by atoms with Crippen molar-refractivity contribution in [1.82, 2.24) is 10.3 Å². The molecule has 2 heterocycles. The van der Waals surface area contributed by atoms with Gasteiger partial charge in [0.1, 0.15) is 12.2 Å². The molecular weight excluding hydrogens is 273 g/mol. The number of pyridine rings is 1. The zero-order valence-corrected chi connectivity index (χ0v) is 12.9. The van der Waals surface area contributed by atoms with E-state index in [0.29, 0.717) is 31.0 Å². The lowest BCUT2D eigenvalue weighted by molar-refractivity contribution is -0.00461. The van der Waals surface area contributed by atoms with Gasteiger partial charge in [-0.2, -0.15) is 0 Å². The van der Waals surface area contributed by atoms with Gasteiger partial charge in [-0.05, 0) is 19.0 Å². The lowest BCUT2D eigenvalue weighted by Gasteiger charge is -2.18. The fourth-order valence-electron chi connectivity index (χ4n) is 2.60. The standard InChI is InChI=1S/C15H24FN3O2/c1-4-6-17-8-11-5-7-18-15(14(11)16)19-9-12(20-2)13(10-19)21-3/h5,7,12-13,17H,4,6,8-10H2,1-3H3. The highest BCUT2D eigenvalue weighted by atomic mass is 19.1. The minimum Gasteiger partial charge on any atom is -0.377 e. The van der Waals surface area contributed by atoms with Crippen molar-refractivity contribution in [3.05, 3.63) is 23.6 Å². The Balaban J connectivity index is 2.11. The Morgan fingerprint density at radius 2 is 2.00 bits per heavy atom. The molecule has 5 nitrogen and oxygen atoms in total. The van der Waals surface area contributed by atoms with Crippen molar-refractivity contribution < 1.29 is 13.9 Å². The van der Waals surface area contributed by atoms with Crippen LogP contribution < -0.4 is 10.2 Å². The van der Waals surface area contributed by atoms with Gasteiger partial charge in [-0.15, -0.1) is 0 Å². The number of rotatable bonds is 7. The molecule has 1 aliphatic heterocycles. The fraction of sp³-hybridized carbons (Fsp3) is 0.667. The highest BCUT2D eigenvalue weighted by Gasteiger charge is 2.35. The summed E-state index contributed by atoms with van der Waals surface area (Å²) in [6, 6.07) is 1.72. The molecule has 2 rings (SSSR count). The van der Waals surface area contributed by atoms with E-state index in [1.165, 1.54) is 0 Å². The van der Waals surface area contributed by atoms with Crippen molar-refractivity contribution in [2.75, 3.05) is 38.8 Å². The molecule has 1 aromatic rings. The maximum atomic E-state index is 14.6. The minimum absolute atomic E-state index is 0.0573. The first kappa shape index (κ1) is 16.1. The Hall–Kier alpha value is -1.24. The summed E-state index contributed by atoms with van der Waals surface area (Å²) in [5.41, 5.74) is 0.642. The number of ether oxygens (including phenoxy) is 2. The second-order valence-electron chi connectivity index (χ2n) is 5.24. The van der Waals surface area contributed by atoms with E-state index in [1.54, 1.807) is 26.5 Å². The van der Waals surface area contributed by atoms with Gasteiger partial charge in [-0.25, -0.2) is 9.37 Å². The minimum atomic E-state index is -0.257. The zero-order valence-electron chi connectivity index (χ0n) is 12.9. The van der Waals surface area contributed by atoms with E-state index in [4.69, 9.17) is 9.47 Å². The van der Waals surface area contributed by atoms with Crippen molar-refractivity contribution in [3.8, 4) is 0 Å². The molecule has 0 amide bonds. The maximum absolute atomic E-state index is 14.6. The Labute approximate surface area is 125 Å². The first-order valence-corrected chi connectivity index (χ1v) is 7.35. The number of methoxy groups -OCH3 is 2. The van der Waals surface area contributed by atoms with Crippen LogP contribution in [-0.4, -0.2) is 51.0 Å². The first-order valence-electron chi connectivity index (χ1n) is 7.35. The lowest BCUT2D eigenvalue weighted by Crippen LogP contribution is -2.27. The third kappa shape index (κ3) is 3.70. The number of halogens is 1. The number of nitrogens with one attached hydrogen (secondary N) is 1. The van der Waals surface area contributed by atoms with Gasteiger partial charge in [0.2, 0.25) is 0 Å². The van der Waals surface area contributed by atoms with Crippen molar-refractivity contribution in [2.24, 2.45) is 0 Å². The molecule has 21 heavy (non-hydrogen) atoms. The van der Waals surface area contributed by atoms with Gasteiger partial charge in [0.15, 0.2) is 11.6 Å². The molecular formula is C15H24FN3O2. The molecule has 1 saturated heterocycles. The van der Waals surface area contributed by atoms with Gasteiger partial charge in [0.05, 0.1) is 0 Å². The van der Waals surface area contributed by atoms with Crippen molar-refractivity contribution in [3.63, 3.8) is 0 Å². The normalized spacial score (nSPS) is 22.0. The fourth-order valence-corrected chi connectivity index (χ4v) is 2.60. The lowest BCUT2D eigenvalue weighted by atomic mass is 10.2. The van der Waals surface area contributed by atoms with Crippen molar-refractivity contribution in [1.29, 1.82) is 0 Å². The summed E-state index contributed by atoms with van der Waals surface area (Å²) >= 11 is 0. The molecule has 0 aromatic carbocycles. The molecule has 0 aliphatic carbocycles. The number of nitrogens with zero attached hydrogens (tertiary/aromatic N) is 2. The average Bonchev–Trinajstić information content (AvgIpc) is 2.92. The van der Waals surface area contributed by atoms with E-state index in [9.17, 15) is 4.39 Å². The van der Waals surface area contributed by atoms with Crippen LogP contribution in [0.4, 0.5) is 10.2 Å². The van der Waals surface area contributed by atoms with E-state index >= 15 is 0 Å². The topological polar surface area (TPSA) is 46.6 Å². The molecule has 118 valence electrons. The molecule has 0 saturated carbocycles. The molecule has 2 atom stereocenters. The van der Waals surface area contributed by atoms with E-state index in [-0.39, 0.29) is 18.0 Å². The van der Waals surface area contributed by atoms with Crippen LogP contribution in [0.1, 0.15) is 18.9 Å². The third-order valence-electron chi connectivity index (χ3n) is 3.81. The van der Waals surface area contributed by atoms with Gasteiger partial charge in [0.25, 0.3) is 0 Å².